The first-order chi connectivity index (χ1) is 22.3. The van der Waals surface area contributed by atoms with Gasteiger partial charge in [-0.05, 0) is 62.5 Å². The summed E-state index contributed by atoms with van der Waals surface area (Å²) in [5.74, 6) is 1.58. The number of para-hydroxylation sites is 1. The van der Waals surface area contributed by atoms with E-state index in [2.05, 4.69) is 39.1 Å². The number of amides is 1. The number of ether oxygens (including phenoxy) is 4. The minimum atomic E-state index is -0.685. The van der Waals surface area contributed by atoms with E-state index < -0.39 is 6.09 Å². The van der Waals surface area contributed by atoms with E-state index in [1.165, 1.54) is 17.2 Å². The Morgan fingerprint density at radius 1 is 1.00 bits per heavy atom. The number of nitrogens with one attached hydrogen (secondary N) is 1. The smallest absolute Gasteiger partial charge is 0.421 e. The average Bonchev–Trinajstić information content (AvgIpc) is 3.06. The number of methoxy groups -OCH3 is 3. The molecule has 0 aliphatic carbocycles. The molecule has 5 rings (SSSR count). The Morgan fingerprint density at radius 3 is 2.57 bits per heavy atom. The summed E-state index contributed by atoms with van der Waals surface area (Å²) in [6.07, 6.45) is 0.832. The van der Waals surface area contributed by atoms with Crippen LogP contribution >= 0.6 is 0 Å². The molecule has 0 bridgehead atoms. The van der Waals surface area contributed by atoms with Crippen molar-refractivity contribution in [3.63, 3.8) is 0 Å². The molecule has 1 fully saturated rings. The Hall–Kier alpha value is -4.94. The van der Waals surface area contributed by atoms with Crippen molar-refractivity contribution in [1.82, 2.24) is 14.9 Å². The minimum absolute atomic E-state index is 0.0366. The molecule has 0 radical (unpaired) electrons. The highest BCUT2D eigenvalue weighted by Crippen LogP contribution is 2.30. The van der Waals surface area contributed by atoms with Crippen LogP contribution in [0.15, 0.2) is 72.9 Å². The van der Waals surface area contributed by atoms with Gasteiger partial charge in [-0.15, -0.1) is 0 Å². The topological polar surface area (TPSA) is 102 Å². The summed E-state index contributed by atoms with van der Waals surface area (Å²) in [5, 5.41) is 3.08. The Labute approximate surface area is 268 Å². The van der Waals surface area contributed by atoms with E-state index in [0.29, 0.717) is 45.8 Å². The summed E-state index contributed by atoms with van der Waals surface area (Å²) in [6, 6.07) is 19.3. The van der Waals surface area contributed by atoms with Crippen molar-refractivity contribution in [3.05, 3.63) is 89.9 Å². The molecular formula is C34H39FN6O5. The fourth-order valence-corrected chi connectivity index (χ4v) is 5.24. The number of rotatable bonds is 11. The van der Waals surface area contributed by atoms with Crippen molar-refractivity contribution < 1.29 is 28.1 Å². The molecule has 3 aromatic carbocycles. The van der Waals surface area contributed by atoms with Gasteiger partial charge in [0.1, 0.15) is 28.9 Å². The van der Waals surface area contributed by atoms with Crippen LogP contribution in [0.25, 0.3) is 0 Å². The van der Waals surface area contributed by atoms with Crippen LogP contribution in [-0.4, -0.2) is 75.0 Å². The van der Waals surface area contributed by atoms with E-state index in [4.69, 9.17) is 18.9 Å². The number of likely N-dealkylation sites (N-methyl/N-ethyl adjacent to an activating group) is 1. The highest BCUT2D eigenvalue weighted by atomic mass is 19.1. The molecular weight excluding hydrogens is 591 g/mol. The number of aromatic nitrogens is 2. The van der Waals surface area contributed by atoms with Crippen molar-refractivity contribution in [1.29, 1.82) is 0 Å². The fourth-order valence-electron chi connectivity index (χ4n) is 5.24. The lowest BCUT2D eigenvalue weighted by Crippen LogP contribution is -2.50. The highest BCUT2D eigenvalue weighted by Gasteiger charge is 2.25. The lowest BCUT2D eigenvalue weighted by Gasteiger charge is -2.39. The molecule has 1 aliphatic heterocycles. The summed E-state index contributed by atoms with van der Waals surface area (Å²) in [4.78, 5) is 28.4. The van der Waals surface area contributed by atoms with Crippen molar-refractivity contribution in [3.8, 4) is 17.2 Å². The number of anilines is 4. The normalized spacial score (nSPS) is 14.9. The molecule has 1 N–H and O–H groups in total. The van der Waals surface area contributed by atoms with Crippen molar-refractivity contribution in [2.75, 3.05) is 63.1 Å². The van der Waals surface area contributed by atoms with E-state index in [0.717, 1.165) is 19.6 Å². The number of halogens is 1. The number of hydrogen-bond donors (Lipinski definition) is 1. The Balaban J connectivity index is 1.43. The maximum absolute atomic E-state index is 15.3. The third-order valence-electron chi connectivity index (χ3n) is 7.93. The van der Waals surface area contributed by atoms with Gasteiger partial charge in [0.25, 0.3) is 0 Å². The van der Waals surface area contributed by atoms with Gasteiger partial charge >= 0.3 is 6.09 Å². The molecule has 1 atom stereocenters. The van der Waals surface area contributed by atoms with Crippen LogP contribution in [0.2, 0.25) is 0 Å². The molecule has 1 saturated heterocycles. The van der Waals surface area contributed by atoms with Gasteiger partial charge in [-0.2, -0.15) is 4.98 Å². The summed E-state index contributed by atoms with van der Waals surface area (Å²) < 4.78 is 37.5. The van der Waals surface area contributed by atoms with E-state index >= 15 is 4.39 Å². The molecule has 1 amide bonds. The van der Waals surface area contributed by atoms with E-state index in [-0.39, 0.29) is 30.7 Å². The summed E-state index contributed by atoms with van der Waals surface area (Å²) in [6.45, 7) is 4.78. The minimum Gasteiger partial charge on any atom is -0.497 e. The van der Waals surface area contributed by atoms with Gasteiger partial charge in [-0.1, -0.05) is 18.2 Å². The maximum Gasteiger partial charge on any atom is 0.421 e. The second kappa shape index (κ2) is 14.9. The zero-order valence-corrected chi connectivity index (χ0v) is 26.7. The van der Waals surface area contributed by atoms with Gasteiger partial charge in [0, 0.05) is 55.8 Å². The van der Waals surface area contributed by atoms with Crippen LogP contribution in [0, 0.1) is 5.82 Å². The molecule has 1 aromatic heterocycles. The molecule has 1 aliphatic rings. The highest BCUT2D eigenvalue weighted by molar-refractivity contribution is 5.88. The van der Waals surface area contributed by atoms with Crippen LogP contribution in [0.3, 0.4) is 0 Å². The molecule has 242 valence electrons. The zero-order chi connectivity index (χ0) is 32.6. The predicted octanol–water partition coefficient (Wildman–Crippen LogP) is 5.87. The number of hydrogen-bond acceptors (Lipinski definition) is 10. The quantitative estimate of drug-likeness (QED) is 0.217. The first-order valence-electron chi connectivity index (χ1n) is 14.9. The largest absolute Gasteiger partial charge is 0.497 e. The van der Waals surface area contributed by atoms with Crippen molar-refractivity contribution in [2.45, 2.75) is 26.1 Å². The van der Waals surface area contributed by atoms with E-state index in [1.54, 1.807) is 69.9 Å². The summed E-state index contributed by atoms with van der Waals surface area (Å²) >= 11 is 0. The van der Waals surface area contributed by atoms with Crippen molar-refractivity contribution in [2.24, 2.45) is 0 Å². The average molecular weight is 631 g/mol. The SMILES string of the molecule is COCc1ccccc1OC(=O)N(Cc1cc(OC)ccc1OC)c1ccnc(Nc2ccc(N3CCN(C)C(C)C3)c(F)c2)n1. The van der Waals surface area contributed by atoms with Gasteiger partial charge < -0.3 is 34.1 Å². The second-order valence-electron chi connectivity index (χ2n) is 11.0. The van der Waals surface area contributed by atoms with Crippen LogP contribution in [0.1, 0.15) is 18.1 Å². The van der Waals surface area contributed by atoms with Crippen LogP contribution in [0.4, 0.5) is 32.3 Å². The molecule has 4 aromatic rings. The molecule has 12 heteroatoms. The summed E-state index contributed by atoms with van der Waals surface area (Å²) in [7, 11) is 6.76. The molecule has 2 heterocycles. The summed E-state index contributed by atoms with van der Waals surface area (Å²) in [5.41, 5.74) is 2.39. The van der Waals surface area contributed by atoms with E-state index in [1.807, 2.05) is 12.1 Å². The molecule has 11 nitrogen and oxygen atoms in total. The first kappa shape index (κ1) is 32.5. The first-order valence-corrected chi connectivity index (χ1v) is 14.9. The lowest BCUT2D eigenvalue weighted by atomic mass is 10.1. The fraction of sp³-hybridized carbons (Fsp3) is 0.324. The molecule has 1 unspecified atom stereocenters. The van der Waals surface area contributed by atoms with Gasteiger partial charge in [0.15, 0.2) is 0 Å². The number of piperazine rings is 1. The number of benzene rings is 3. The maximum atomic E-state index is 15.3. The number of carbonyl (C=O) groups excluding carboxylic acids is 1. The van der Waals surface area contributed by atoms with Gasteiger partial charge in [-0.25, -0.2) is 14.2 Å². The second-order valence-corrected chi connectivity index (χ2v) is 11.0. The van der Waals surface area contributed by atoms with Crippen LogP contribution in [0.5, 0.6) is 17.2 Å². The van der Waals surface area contributed by atoms with Gasteiger partial charge in [0.05, 0.1) is 33.1 Å². The van der Waals surface area contributed by atoms with Gasteiger partial charge in [-0.3, -0.25) is 4.90 Å². The van der Waals surface area contributed by atoms with Crippen LogP contribution < -0.4 is 29.3 Å². The van der Waals surface area contributed by atoms with Crippen LogP contribution in [-0.2, 0) is 17.9 Å². The number of carbonyl (C=O) groups is 1. The van der Waals surface area contributed by atoms with Gasteiger partial charge in [0.2, 0.25) is 5.95 Å². The monoisotopic (exact) mass is 630 g/mol. The van der Waals surface area contributed by atoms with Crippen molar-refractivity contribution >= 4 is 29.2 Å². The lowest BCUT2D eigenvalue weighted by molar-refractivity contribution is 0.179. The predicted molar refractivity (Wildman–Crippen MR) is 175 cm³/mol. The molecule has 0 saturated carbocycles. The third kappa shape index (κ3) is 7.64. The Kier molecular flexibility index (Phi) is 10.5. The zero-order valence-electron chi connectivity index (χ0n) is 26.7. The van der Waals surface area contributed by atoms with E-state index in [9.17, 15) is 4.79 Å². The molecule has 46 heavy (non-hydrogen) atoms. The third-order valence-corrected chi connectivity index (χ3v) is 7.93. The standard InChI is InChI=1S/C34H39FN6O5/c1-23-20-40(17-16-39(23)2)29-12-10-26(19-28(29)35)37-33-36-15-14-32(38-33)41(21-25-18-27(44-4)11-13-30(25)45-5)34(42)46-31-9-7-6-8-24(31)22-43-3/h6-15,18-19,23H,16-17,20-22H2,1-5H3,(H,36,37,38). The number of nitrogens with zero attached hydrogens (tertiary/aromatic N) is 5. The molecule has 0 spiro atoms. The Morgan fingerprint density at radius 2 is 1.83 bits per heavy atom. The Bertz CT molecular complexity index is 1660.